The molecule has 106 valence electrons. The Balaban J connectivity index is 1.98. The third kappa shape index (κ3) is 2.81. The normalized spacial score (nSPS) is 12.5. The summed E-state index contributed by atoms with van der Waals surface area (Å²) in [6.45, 7) is 2.12. The largest absolute Gasteiger partial charge is 0.311 e. The number of pyridine rings is 1. The van der Waals surface area contributed by atoms with E-state index in [9.17, 15) is 0 Å². The molecule has 2 nitrogen and oxygen atoms in total. The molecule has 0 aliphatic rings. The summed E-state index contributed by atoms with van der Waals surface area (Å²) in [5.41, 5.74) is 3.72. The highest BCUT2D eigenvalue weighted by atomic mass is 14.9. The molecule has 0 fully saturated rings. The van der Waals surface area contributed by atoms with Crippen molar-refractivity contribution >= 4 is 10.8 Å². The number of likely N-dealkylation sites (N-methyl/N-ethyl adjacent to an activating group) is 1. The van der Waals surface area contributed by atoms with E-state index in [2.05, 4.69) is 65.8 Å². The second kappa shape index (κ2) is 6.06. The molecule has 3 aromatic rings. The highest BCUT2D eigenvalue weighted by molar-refractivity contribution is 5.85. The molecule has 0 aliphatic carbocycles. The van der Waals surface area contributed by atoms with E-state index in [-0.39, 0.29) is 6.04 Å². The third-order valence-electron chi connectivity index (χ3n) is 4.03. The Kier molecular flexibility index (Phi) is 3.98. The maximum atomic E-state index is 4.56. The molecular weight excluding hydrogens is 256 g/mol. The number of nitrogens with zero attached hydrogens (tertiary/aromatic N) is 1. The van der Waals surface area contributed by atoms with E-state index < -0.39 is 0 Å². The van der Waals surface area contributed by atoms with Crippen LogP contribution in [-0.2, 0) is 6.42 Å². The molecule has 0 bridgehead atoms. The predicted octanol–water partition coefficient (Wildman–Crippen LogP) is 4.05. The first-order chi connectivity index (χ1) is 10.3. The second-order valence-corrected chi connectivity index (χ2v) is 5.39. The zero-order valence-electron chi connectivity index (χ0n) is 12.5. The Labute approximate surface area is 125 Å². The Morgan fingerprint density at radius 1 is 1.00 bits per heavy atom. The van der Waals surface area contributed by atoms with Gasteiger partial charge in [-0.1, -0.05) is 48.5 Å². The van der Waals surface area contributed by atoms with Gasteiger partial charge in [0.05, 0.1) is 11.7 Å². The zero-order valence-corrected chi connectivity index (χ0v) is 12.5. The summed E-state index contributed by atoms with van der Waals surface area (Å²) < 4.78 is 0. The van der Waals surface area contributed by atoms with Crippen molar-refractivity contribution < 1.29 is 0 Å². The minimum absolute atomic E-state index is 0.233. The minimum atomic E-state index is 0.233. The van der Waals surface area contributed by atoms with Crippen LogP contribution in [0.15, 0.2) is 60.8 Å². The van der Waals surface area contributed by atoms with Crippen molar-refractivity contribution in [3.63, 3.8) is 0 Å². The molecule has 0 saturated carbocycles. The fourth-order valence-corrected chi connectivity index (χ4v) is 2.89. The number of rotatable bonds is 4. The van der Waals surface area contributed by atoms with Crippen LogP contribution in [0.2, 0.25) is 0 Å². The van der Waals surface area contributed by atoms with Crippen molar-refractivity contribution in [2.45, 2.75) is 19.4 Å². The molecule has 21 heavy (non-hydrogen) atoms. The monoisotopic (exact) mass is 276 g/mol. The standard InChI is InChI=1S/C19H20N2/c1-14-7-6-12-21-19(14)18(20-2)13-16-10-5-9-15-8-3-4-11-17(15)16/h3-12,18,20H,13H2,1-2H3. The summed E-state index contributed by atoms with van der Waals surface area (Å²) >= 11 is 0. The van der Waals surface area contributed by atoms with Crippen LogP contribution in [0.4, 0.5) is 0 Å². The average molecular weight is 276 g/mol. The smallest absolute Gasteiger partial charge is 0.0605 e. The van der Waals surface area contributed by atoms with Crippen molar-refractivity contribution in [3.8, 4) is 0 Å². The van der Waals surface area contributed by atoms with E-state index in [0.717, 1.165) is 12.1 Å². The SMILES string of the molecule is CNC(Cc1cccc2ccccc12)c1ncccc1C. The average Bonchev–Trinajstić information content (AvgIpc) is 2.53. The molecule has 1 heterocycles. The van der Waals surface area contributed by atoms with Gasteiger partial charge in [0, 0.05) is 6.20 Å². The van der Waals surface area contributed by atoms with Crippen LogP contribution in [-0.4, -0.2) is 12.0 Å². The van der Waals surface area contributed by atoms with Crippen molar-refractivity contribution in [2.75, 3.05) is 7.05 Å². The first kappa shape index (κ1) is 13.8. The van der Waals surface area contributed by atoms with E-state index in [1.165, 1.54) is 21.9 Å². The van der Waals surface area contributed by atoms with Crippen LogP contribution < -0.4 is 5.32 Å². The zero-order chi connectivity index (χ0) is 14.7. The number of benzene rings is 2. The molecule has 0 spiro atoms. The molecule has 3 rings (SSSR count). The fraction of sp³-hybridized carbons (Fsp3) is 0.211. The van der Waals surface area contributed by atoms with E-state index in [0.29, 0.717) is 0 Å². The van der Waals surface area contributed by atoms with Gasteiger partial charge >= 0.3 is 0 Å². The van der Waals surface area contributed by atoms with E-state index in [4.69, 9.17) is 0 Å². The first-order valence-electron chi connectivity index (χ1n) is 7.35. The lowest BCUT2D eigenvalue weighted by Crippen LogP contribution is -2.21. The van der Waals surface area contributed by atoms with Crippen LogP contribution in [0.5, 0.6) is 0 Å². The Bertz CT molecular complexity index is 744. The number of hydrogen-bond acceptors (Lipinski definition) is 2. The van der Waals surface area contributed by atoms with Crippen molar-refractivity contribution in [1.29, 1.82) is 0 Å². The lowest BCUT2D eigenvalue weighted by atomic mass is 9.96. The number of aromatic nitrogens is 1. The molecule has 1 N–H and O–H groups in total. The third-order valence-corrected chi connectivity index (χ3v) is 4.03. The maximum absolute atomic E-state index is 4.56. The van der Waals surface area contributed by atoms with Gasteiger partial charge in [-0.25, -0.2) is 0 Å². The summed E-state index contributed by atoms with van der Waals surface area (Å²) in [5.74, 6) is 0. The van der Waals surface area contributed by atoms with Crippen LogP contribution in [0.1, 0.15) is 22.9 Å². The highest BCUT2D eigenvalue weighted by Crippen LogP contribution is 2.24. The van der Waals surface area contributed by atoms with Crippen LogP contribution in [0.3, 0.4) is 0 Å². The van der Waals surface area contributed by atoms with Crippen molar-refractivity contribution in [3.05, 3.63) is 77.6 Å². The van der Waals surface area contributed by atoms with Gasteiger partial charge in [0.15, 0.2) is 0 Å². The quantitative estimate of drug-likeness (QED) is 0.777. The van der Waals surface area contributed by atoms with Gasteiger partial charge in [-0.3, -0.25) is 4.98 Å². The summed E-state index contributed by atoms with van der Waals surface area (Å²) in [6, 6.07) is 19.4. The van der Waals surface area contributed by atoms with Crippen molar-refractivity contribution in [2.24, 2.45) is 0 Å². The van der Waals surface area contributed by atoms with Gasteiger partial charge < -0.3 is 5.32 Å². The first-order valence-corrected chi connectivity index (χ1v) is 7.35. The van der Waals surface area contributed by atoms with Crippen LogP contribution in [0.25, 0.3) is 10.8 Å². The molecule has 1 unspecified atom stereocenters. The molecule has 2 aromatic carbocycles. The van der Waals surface area contributed by atoms with Gasteiger partial charge in [0.2, 0.25) is 0 Å². The van der Waals surface area contributed by atoms with Gasteiger partial charge in [-0.2, -0.15) is 0 Å². The summed E-state index contributed by atoms with van der Waals surface area (Å²) in [7, 11) is 2.00. The van der Waals surface area contributed by atoms with E-state index in [1.807, 2.05) is 19.3 Å². The molecule has 1 aromatic heterocycles. The van der Waals surface area contributed by atoms with E-state index in [1.54, 1.807) is 0 Å². The molecule has 0 radical (unpaired) electrons. The molecule has 0 aliphatic heterocycles. The Morgan fingerprint density at radius 2 is 1.81 bits per heavy atom. The summed E-state index contributed by atoms with van der Waals surface area (Å²) in [5, 5.41) is 6.03. The summed E-state index contributed by atoms with van der Waals surface area (Å²) in [4.78, 5) is 4.56. The van der Waals surface area contributed by atoms with Gasteiger partial charge in [-0.05, 0) is 48.4 Å². The Morgan fingerprint density at radius 3 is 2.62 bits per heavy atom. The number of nitrogens with one attached hydrogen (secondary N) is 1. The maximum Gasteiger partial charge on any atom is 0.0605 e. The lowest BCUT2D eigenvalue weighted by molar-refractivity contribution is 0.574. The number of fused-ring (bicyclic) bond motifs is 1. The van der Waals surface area contributed by atoms with Crippen LogP contribution in [0, 0.1) is 6.92 Å². The predicted molar refractivity (Wildman–Crippen MR) is 88.4 cm³/mol. The minimum Gasteiger partial charge on any atom is -0.311 e. The highest BCUT2D eigenvalue weighted by Gasteiger charge is 2.14. The van der Waals surface area contributed by atoms with Gasteiger partial charge in [0.25, 0.3) is 0 Å². The van der Waals surface area contributed by atoms with Crippen molar-refractivity contribution in [1.82, 2.24) is 10.3 Å². The van der Waals surface area contributed by atoms with Crippen LogP contribution >= 0.6 is 0 Å². The van der Waals surface area contributed by atoms with Gasteiger partial charge in [-0.15, -0.1) is 0 Å². The molecule has 0 amide bonds. The lowest BCUT2D eigenvalue weighted by Gasteiger charge is -2.18. The number of hydrogen-bond donors (Lipinski definition) is 1. The molecule has 2 heteroatoms. The molecule has 1 atom stereocenters. The topological polar surface area (TPSA) is 24.9 Å². The Hall–Kier alpha value is -2.19. The van der Waals surface area contributed by atoms with E-state index >= 15 is 0 Å². The number of aryl methyl sites for hydroxylation is 1. The van der Waals surface area contributed by atoms with Gasteiger partial charge in [0.1, 0.15) is 0 Å². The molecular formula is C19H20N2. The second-order valence-electron chi connectivity index (χ2n) is 5.39. The fourth-order valence-electron chi connectivity index (χ4n) is 2.89. The molecule has 0 saturated heterocycles. The summed E-state index contributed by atoms with van der Waals surface area (Å²) in [6.07, 6.45) is 2.81.